The van der Waals surface area contributed by atoms with Crippen molar-refractivity contribution < 1.29 is 9.84 Å². The van der Waals surface area contributed by atoms with E-state index in [-0.39, 0.29) is 6.61 Å². The van der Waals surface area contributed by atoms with E-state index in [1.807, 2.05) is 19.2 Å². The second kappa shape index (κ2) is 5.27. The number of aromatic nitrogens is 1. The van der Waals surface area contributed by atoms with Crippen molar-refractivity contribution in [1.82, 2.24) is 4.98 Å². The Hall–Kier alpha value is -1.13. The minimum atomic E-state index is -0.0123. The van der Waals surface area contributed by atoms with Crippen molar-refractivity contribution in [3.8, 4) is 0 Å². The number of ether oxygens (including phenoxy) is 1. The van der Waals surface area contributed by atoms with Crippen LogP contribution in [-0.4, -0.2) is 36.4 Å². The summed E-state index contributed by atoms with van der Waals surface area (Å²) in [4.78, 5) is 6.21. The molecule has 1 aromatic heterocycles. The molecule has 88 valence electrons. The molecule has 0 bridgehead atoms. The minimum Gasteiger partial charge on any atom is -0.390 e. The Morgan fingerprint density at radius 2 is 2.50 bits per heavy atom. The zero-order chi connectivity index (χ0) is 11.4. The number of rotatable bonds is 4. The van der Waals surface area contributed by atoms with Gasteiger partial charge >= 0.3 is 0 Å². The van der Waals surface area contributed by atoms with Gasteiger partial charge in [-0.3, -0.25) is 4.98 Å². The summed E-state index contributed by atoms with van der Waals surface area (Å²) < 4.78 is 5.59. The number of pyridine rings is 1. The summed E-state index contributed by atoms with van der Waals surface area (Å²) in [5, 5.41) is 9.02. The number of likely N-dealkylation sites (N-methyl/N-ethyl adjacent to an activating group) is 1. The van der Waals surface area contributed by atoms with E-state index in [9.17, 15) is 0 Å². The maximum atomic E-state index is 9.02. The first-order chi connectivity index (χ1) is 7.79. The highest BCUT2D eigenvalue weighted by Gasteiger charge is 2.17. The van der Waals surface area contributed by atoms with Crippen molar-refractivity contribution in [3.05, 3.63) is 24.0 Å². The first-order valence-electron chi connectivity index (χ1n) is 5.68. The summed E-state index contributed by atoms with van der Waals surface area (Å²) in [6.07, 6.45) is 4.38. The molecule has 0 aliphatic carbocycles. The summed E-state index contributed by atoms with van der Waals surface area (Å²) in [7, 11) is 2.04. The van der Waals surface area contributed by atoms with Crippen LogP contribution in [0.15, 0.2) is 18.3 Å². The molecule has 1 aliphatic heterocycles. The normalized spacial score (nSPS) is 20.0. The number of anilines is 1. The average molecular weight is 222 g/mol. The van der Waals surface area contributed by atoms with Crippen LogP contribution in [0.25, 0.3) is 0 Å². The largest absolute Gasteiger partial charge is 0.390 e. The average Bonchev–Trinajstić information content (AvgIpc) is 2.82. The lowest BCUT2D eigenvalue weighted by molar-refractivity contribution is 0.116. The number of aliphatic hydroxyl groups excluding tert-OH is 1. The van der Waals surface area contributed by atoms with Gasteiger partial charge in [0.15, 0.2) is 0 Å². The fourth-order valence-electron chi connectivity index (χ4n) is 1.99. The number of aliphatic hydroxyl groups is 1. The van der Waals surface area contributed by atoms with Gasteiger partial charge < -0.3 is 14.7 Å². The lowest BCUT2D eigenvalue weighted by atomic mass is 10.2. The fraction of sp³-hybridized carbons (Fsp3) is 0.583. The van der Waals surface area contributed by atoms with Crippen molar-refractivity contribution in [3.63, 3.8) is 0 Å². The quantitative estimate of drug-likeness (QED) is 0.831. The van der Waals surface area contributed by atoms with Crippen molar-refractivity contribution in [2.24, 2.45) is 0 Å². The third-order valence-corrected chi connectivity index (χ3v) is 2.90. The van der Waals surface area contributed by atoms with Crippen LogP contribution < -0.4 is 4.90 Å². The predicted octanol–water partition coefficient (Wildman–Crippen LogP) is 1.19. The first-order valence-corrected chi connectivity index (χ1v) is 5.68. The summed E-state index contributed by atoms with van der Waals surface area (Å²) in [5.74, 6) is 0. The summed E-state index contributed by atoms with van der Waals surface area (Å²) in [6.45, 7) is 1.77. The summed E-state index contributed by atoms with van der Waals surface area (Å²) in [5.41, 5.74) is 1.78. The van der Waals surface area contributed by atoms with Gasteiger partial charge in [0.25, 0.3) is 0 Å². The van der Waals surface area contributed by atoms with Gasteiger partial charge in [-0.25, -0.2) is 0 Å². The molecule has 1 fully saturated rings. The van der Waals surface area contributed by atoms with Crippen molar-refractivity contribution in [1.29, 1.82) is 0 Å². The molecule has 0 radical (unpaired) electrons. The van der Waals surface area contributed by atoms with Crippen LogP contribution in [0.5, 0.6) is 0 Å². The van der Waals surface area contributed by atoms with E-state index in [2.05, 4.69) is 9.88 Å². The van der Waals surface area contributed by atoms with E-state index in [1.54, 1.807) is 6.20 Å². The molecular weight excluding hydrogens is 204 g/mol. The Kier molecular flexibility index (Phi) is 3.74. The molecule has 2 rings (SSSR count). The van der Waals surface area contributed by atoms with Gasteiger partial charge in [0.05, 0.1) is 18.4 Å². The maximum absolute atomic E-state index is 9.02. The van der Waals surface area contributed by atoms with E-state index < -0.39 is 0 Å². The van der Waals surface area contributed by atoms with Crippen LogP contribution in [0.1, 0.15) is 18.5 Å². The molecule has 16 heavy (non-hydrogen) atoms. The van der Waals surface area contributed by atoms with Gasteiger partial charge in [0.1, 0.15) is 0 Å². The zero-order valence-electron chi connectivity index (χ0n) is 9.59. The van der Waals surface area contributed by atoms with E-state index in [1.165, 1.54) is 0 Å². The summed E-state index contributed by atoms with van der Waals surface area (Å²) in [6, 6.07) is 3.86. The molecule has 2 heterocycles. The monoisotopic (exact) mass is 222 g/mol. The van der Waals surface area contributed by atoms with Crippen LogP contribution in [0.2, 0.25) is 0 Å². The van der Waals surface area contributed by atoms with Gasteiger partial charge in [-0.15, -0.1) is 0 Å². The number of hydrogen-bond acceptors (Lipinski definition) is 4. The van der Waals surface area contributed by atoms with E-state index in [4.69, 9.17) is 9.84 Å². The highest BCUT2D eigenvalue weighted by molar-refractivity contribution is 5.45. The Morgan fingerprint density at radius 1 is 1.62 bits per heavy atom. The van der Waals surface area contributed by atoms with Gasteiger partial charge in [-0.1, -0.05) is 0 Å². The first kappa shape index (κ1) is 11.4. The number of hydrogen-bond donors (Lipinski definition) is 1. The predicted molar refractivity (Wildman–Crippen MR) is 62.4 cm³/mol. The second-order valence-electron chi connectivity index (χ2n) is 4.18. The molecule has 1 atom stereocenters. The zero-order valence-corrected chi connectivity index (χ0v) is 9.59. The molecular formula is C12H18N2O2. The highest BCUT2D eigenvalue weighted by atomic mass is 16.5. The molecule has 4 heteroatoms. The van der Waals surface area contributed by atoms with Gasteiger partial charge in [0.2, 0.25) is 0 Å². The highest BCUT2D eigenvalue weighted by Crippen LogP contribution is 2.18. The molecule has 0 saturated carbocycles. The Bertz CT molecular complexity index is 338. The molecule has 1 N–H and O–H groups in total. The van der Waals surface area contributed by atoms with Crippen LogP contribution in [0, 0.1) is 0 Å². The molecule has 1 aromatic rings. The van der Waals surface area contributed by atoms with Crippen molar-refractivity contribution in [2.75, 3.05) is 25.1 Å². The SMILES string of the molecule is CN(CC1CCCO1)c1ccnc(CO)c1. The van der Waals surface area contributed by atoms with E-state index in [0.717, 1.165) is 31.7 Å². The van der Waals surface area contributed by atoms with Crippen LogP contribution in [0.3, 0.4) is 0 Å². The van der Waals surface area contributed by atoms with Crippen molar-refractivity contribution in [2.45, 2.75) is 25.6 Å². The summed E-state index contributed by atoms with van der Waals surface area (Å²) >= 11 is 0. The molecule has 1 unspecified atom stereocenters. The topological polar surface area (TPSA) is 45.6 Å². The standard InChI is InChI=1S/C12H18N2O2/c1-14(8-12-3-2-6-16-12)11-4-5-13-10(7-11)9-15/h4-5,7,12,15H,2-3,6,8-9H2,1H3. The maximum Gasteiger partial charge on any atom is 0.0853 e. The molecule has 0 spiro atoms. The lowest BCUT2D eigenvalue weighted by Crippen LogP contribution is -2.28. The minimum absolute atomic E-state index is 0.0123. The van der Waals surface area contributed by atoms with Crippen LogP contribution >= 0.6 is 0 Å². The fourth-order valence-corrected chi connectivity index (χ4v) is 1.99. The van der Waals surface area contributed by atoms with E-state index in [0.29, 0.717) is 11.8 Å². The molecule has 1 saturated heterocycles. The number of nitrogens with zero attached hydrogens (tertiary/aromatic N) is 2. The van der Waals surface area contributed by atoms with Crippen LogP contribution in [0.4, 0.5) is 5.69 Å². The van der Waals surface area contributed by atoms with Gasteiger partial charge in [-0.2, -0.15) is 0 Å². The third-order valence-electron chi connectivity index (χ3n) is 2.90. The van der Waals surface area contributed by atoms with Crippen LogP contribution in [-0.2, 0) is 11.3 Å². The van der Waals surface area contributed by atoms with Gasteiger partial charge in [0, 0.05) is 32.1 Å². The molecule has 4 nitrogen and oxygen atoms in total. The second-order valence-corrected chi connectivity index (χ2v) is 4.18. The molecule has 1 aliphatic rings. The van der Waals surface area contributed by atoms with Crippen molar-refractivity contribution >= 4 is 5.69 Å². The third kappa shape index (κ3) is 2.71. The Balaban J connectivity index is 1.98. The Labute approximate surface area is 95.9 Å². The van der Waals surface area contributed by atoms with Gasteiger partial charge in [-0.05, 0) is 25.0 Å². The smallest absolute Gasteiger partial charge is 0.0853 e. The molecule has 0 amide bonds. The van der Waals surface area contributed by atoms with E-state index >= 15 is 0 Å². The Morgan fingerprint density at radius 3 is 3.19 bits per heavy atom. The molecule has 0 aromatic carbocycles. The lowest BCUT2D eigenvalue weighted by Gasteiger charge is -2.22.